The average molecular weight is 527 g/mol. The van der Waals surface area contributed by atoms with Crippen LogP contribution in [0.2, 0.25) is 0 Å². The first-order chi connectivity index (χ1) is 17.3. The standard InChI is InChI=1S/C24H19F6N3O4/c1-3-37-21(34)14(10-31)8-15-12-33(20-19(15)18(4-5-32-20)22(35)36-2)11-13-6-16(23(25,26)27)9-17(7-13)24(28,29)30/h4-9,12,22,35H,3,11H2,1-2H3/b14-8+. The highest BCUT2D eigenvalue weighted by molar-refractivity contribution is 6.01. The summed E-state index contributed by atoms with van der Waals surface area (Å²) in [6.07, 6.45) is -7.89. The van der Waals surface area contributed by atoms with Crippen LogP contribution in [0.4, 0.5) is 26.3 Å². The molecule has 0 radical (unpaired) electrons. The highest BCUT2D eigenvalue weighted by atomic mass is 19.4. The minimum atomic E-state index is -5.03. The number of fused-ring (bicyclic) bond motifs is 1. The summed E-state index contributed by atoms with van der Waals surface area (Å²) in [5.41, 5.74) is -3.41. The van der Waals surface area contributed by atoms with Crippen LogP contribution in [-0.4, -0.2) is 34.3 Å². The summed E-state index contributed by atoms with van der Waals surface area (Å²) in [4.78, 5) is 16.3. The van der Waals surface area contributed by atoms with Crippen LogP contribution < -0.4 is 0 Å². The number of methoxy groups -OCH3 is 1. The van der Waals surface area contributed by atoms with E-state index in [0.717, 1.165) is 6.08 Å². The molecule has 1 N–H and O–H groups in total. The first-order valence-electron chi connectivity index (χ1n) is 10.6. The molecule has 0 amide bonds. The zero-order valence-electron chi connectivity index (χ0n) is 19.3. The molecule has 0 fully saturated rings. The summed E-state index contributed by atoms with van der Waals surface area (Å²) in [7, 11) is 1.20. The molecule has 1 aromatic carbocycles. The molecule has 0 bridgehead atoms. The van der Waals surface area contributed by atoms with Crippen molar-refractivity contribution in [2.24, 2.45) is 0 Å². The molecular formula is C24H19F6N3O4. The van der Waals surface area contributed by atoms with Crippen molar-refractivity contribution in [1.29, 1.82) is 5.26 Å². The number of aliphatic hydroxyl groups excluding tert-OH is 1. The summed E-state index contributed by atoms with van der Waals surface area (Å²) in [6.45, 7) is 1.02. The number of carbonyl (C=O) groups is 1. The second kappa shape index (κ2) is 10.6. The maximum Gasteiger partial charge on any atom is 0.416 e. The van der Waals surface area contributed by atoms with Gasteiger partial charge >= 0.3 is 18.3 Å². The van der Waals surface area contributed by atoms with Crippen LogP contribution in [0.1, 0.15) is 41.0 Å². The lowest BCUT2D eigenvalue weighted by Crippen LogP contribution is -2.12. The van der Waals surface area contributed by atoms with Crippen molar-refractivity contribution < 1.29 is 45.7 Å². The Labute approximate surface area is 206 Å². The Kier molecular flexibility index (Phi) is 7.94. The number of hydrogen-bond donors (Lipinski definition) is 1. The highest BCUT2D eigenvalue weighted by Gasteiger charge is 2.37. The third-order valence-corrected chi connectivity index (χ3v) is 5.22. The van der Waals surface area contributed by atoms with Gasteiger partial charge in [-0.1, -0.05) is 0 Å². The molecule has 1 atom stereocenters. The number of hydrogen-bond acceptors (Lipinski definition) is 6. The number of aliphatic hydroxyl groups is 1. The van der Waals surface area contributed by atoms with Gasteiger partial charge in [-0.05, 0) is 42.8 Å². The molecule has 2 heterocycles. The fraction of sp³-hybridized carbons (Fsp3) is 0.292. The Morgan fingerprint density at radius 2 is 1.81 bits per heavy atom. The van der Waals surface area contributed by atoms with Crippen molar-refractivity contribution in [3.63, 3.8) is 0 Å². The van der Waals surface area contributed by atoms with Crippen LogP contribution in [0, 0.1) is 11.3 Å². The van der Waals surface area contributed by atoms with Gasteiger partial charge in [-0.15, -0.1) is 0 Å². The van der Waals surface area contributed by atoms with E-state index in [4.69, 9.17) is 9.47 Å². The second-order valence-corrected chi connectivity index (χ2v) is 7.70. The van der Waals surface area contributed by atoms with E-state index in [9.17, 15) is 41.5 Å². The van der Waals surface area contributed by atoms with E-state index in [1.165, 1.54) is 37.1 Å². The van der Waals surface area contributed by atoms with Gasteiger partial charge in [0.05, 0.1) is 17.7 Å². The monoisotopic (exact) mass is 527 g/mol. The maximum absolute atomic E-state index is 13.3. The van der Waals surface area contributed by atoms with Crippen LogP contribution in [0.15, 0.2) is 42.2 Å². The van der Waals surface area contributed by atoms with Crippen LogP contribution in [-0.2, 0) is 33.2 Å². The molecule has 0 aliphatic rings. The van der Waals surface area contributed by atoms with E-state index in [1.807, 2.05) is 0 Å². The Hall–Kier alpha value is -3.89. The van der Waals surface area contributed by atoms with E-state index >= 15 is 0 Å². The van der Waals surface area contributed by atoms with Gasteiger partial charge in [-0.2, -0.15) is 31.6 Å². The zero-order chi connectivity index (χ0) is 27.5. The average Bonchev–Trinajstić information content (AvgIpc) is 3.17. The SMILES string of the molecule is CCOC(=O)/C(C#N)=C/c1cn(Cc2cc(C(F)(F)F)cc(C(F)(F)F)c2)c2nccc(C(O)OC)c12. The summed E-state index contributed by atoms with van der Waals surface area (Å²) in [5.74, 6) is -0.948. The number of nitrogens with zero attached hydrogens (tertiary/aromatic N) is 3. The molecule has 0 spiro atoms. The Morgan fingerprint density at radius 3 is 2.32 bits per heavy atom. The van der Waals surface area contributed by atoms with Gasteiger partial charge in [-0.25, -0.2) is 9.78 Å². The van der Waals surface area contributed by atoms with E-state index in [1.54, 1.807) is 6.07 Å². The normalized spacial score (nSPS) is 13.5. The largest absolute Gasteiger partial charge is 0.462 e. The van der Waals surface area contributed by atoms with Gasteiger partial charge in [0.1, 0.15) is 17.3 Å². The zero-order valence-corrected chi connectivity index (χ0v) is 19.3. The molecular weight excluding hydrogens is 508 g/mol. The summed E-state index contributed by atoms with van der Waals surface area (Å²) >= 11 is 0. The second-order valence-electron chi connectivity index (χ2n) is 7.70. The Balaban J connectivity index is 2.25. The smallest absolute Gasteiger partial charge is 0.416 e. The Morgan fingerprint density at radius 1 is 1.19 bits per heavy atom. The first-order valence-corrected chi connectivity index (χ1v) is 10.6. The minimum absolute atomic E-state index is 0.0219. The quantitative estimate of drug-likeness (QED) is 0.149. The number of benzene rings is 1. The van der Waals surface area contributed by atoms with Crippen LogP contribution in [0.3, 0.4) is 0 Å². The highest BCUT2D eigenvalue weighted by Crippen LogP contribution is 2.37. The van der Waals surface area contributed by atoms with Crippen molar-refractivity contribution in [3.05, 3.63) is 70.0 Å². The van der Waals surface area contributed by atoms with Crippen molar-refractivity contribution >= 4 is 23.1 Å². The third kappa shape index (κ3) is 6.10. The van der Waals surface area contributed by atoms with E-state index < -0.39 is 47.9 Å². The van der Waals surface area contributed by atoms with Crippen molar-refractivity contribution in [2.45, 2.75) is 32.1 Å². The number of aromatic nitrogens is 2. The minimum Gasteiger partial charge on any atom is -0.462 e. The van der Waals surface area contributed by atoms with Gasteiger partial charge in [0.2, 0.25) is 0 Å². The Bertz CT molecular complexity index is 1350. The van der Waals surface area contributed by atoms with E-state index in [2.05, 4.69) is 4.98 Å². The first kappa shape index (κ1) is 27.7. The number of alkyl halides is 6. The number of rotatable bonds is 7. The molecule has 1 unspecified atom stereocenters. The maximum atomic E-state index is 13.3. The molecule has 0 aliphatic heterocycles. The molecule has 7 nitrogen and oxygen atoms in total. The molecule has 0 saturated heterocycles. The number of carbonyl (C=O) groups excluding carboxylic acids is 1. The third-order valence-electron chi connectivity index (χ3n) is 5.22. The fourth-order valence-corrected chi connectivity index (χ4v) is 3.64. The van der Waals surface area contributed by atoms with Crippen molar-refractivity contribution in [3.8, 4) is 6.07 Å². The molecule has 37 heavy (non-hydrogen) atoms. The fourth-order valence-electron chi connectivity index (χ4n) is 3.64. The van der Waals surface area contributed by atoms with Gasteiger partial charge in [0.25, 0.3) is 0 Å². The summed E-state index contributed by atoms with van der Waals surface area (Å²) < 4.78 is 91.0. The molecule has 3 aromatic rings. The number of nitriles is 1. The van der Waals surface area contributed by atoms with Crippen molar-refractivity contribution in [1.82, 2.24) is 9.55 Å². The van der Waals surface area contributed by atoms with Gasteiger partial charge in [-0.3, -0.25) is 0 Å². The number of ether oxygens (including phenoxy) is 2. The van der Waals surface area contributed by atoms with Crippen LogP contribution in [0.5, 0.6) is 0 Å². The molecule has 2 aromatic heterocycles. The summed E-state index contributed by atoms with van der Waals surface area (Å²) in [6, 6.07) is 4.26. The summed E-state index contributed by atoms with van der Waals surface area (Å²) in [5, 5.41) is 19.9. The lowest BCUT2D eigenvalue weighted by molar-refractivity contribution is -0.143. The number of esters is 1. The molecule has 0 saturated carbocycles. The number of pyridine rings is 1. The predicted octanol–water partition coefficient (Wildman–Crippen LogP) is 5.23. The van der Waals surface area contributed by atoms with Crippen molar-refractivity contribution in [2.75, 3.05) is 13.7 Å². The molecule has 196 valence electrons. The number of halogens is 6. The molecule has 13 heteroatoms. The lowest BCUT2D eigenvalue weighted by Gasteiger charge is -2.15. The predicted molar refractivity (Wildman–Crippen MR) is 117 cm³/mol. The van der Waals surface area contributed by atoms with Crippen LogP contribution >= 0.6 is 0 Å². The van der Waals surface area contributed by atoms with Gasteiger partial charge in [0.15, 0.2) is 6.29 Å². The van der Waals surface area contributed by atoms with Gasteiger partial charge < -0.3 is 19.1 Å². The van der Waals surface area contributed by atoms with E-state index in [-0.39, 0.29) is 40.4 Å². The molecule has 0 aliphatic carbocycles. The lowest BCUT2D eigenvalue weighted by atomic mass is 10.0. The van der Waals surface area contributed by atoms with Crippen LogP contribution in [0.25, 0.3) is 17.1 Å². The molecule has 3 rings (SSSR count). The van der Waals surface area contributed by atoms with Gasteiger partial charge in [0, 0.05) is 42.6 Å². The topological polar surface area (TPSA) is 97.4 Å². The van der Waals surface area contributed by atoms with E-state index in [0.29, 0.717) is 12.1 Å².